The van der Waals surface area contributed by atoms with E-state index in [1.54, 1.807) is 9.80 Å². The fourth-order valence-corrected chi connectivity index (χ4v) is 6.76. The van der Waals surface area contributed by atoms with Crippen molar-refractivity contribution in [3.05, 3.63) is 46.5 Å². The van der Waals surface area contributed by atoms with Gasteiger partial charge in [-0.25, -0.2) is 8.78 Å². The van der Waals surface area contributed by atoms with Gasteiger partial charge in [0.05, 0.1) is 12.2 Å². The van der Waals surface area contributed by atoms with Gasteiger partial charge in [0, 0.05) is 69.6 Å². The Morgan fingerprint density at radius 2 is 1.17 bits per heavy atom. The van der Waals surface area contributed by atoms with Crippen molar-refractivity contribution in [3.8, 4) is 0 Å². The number of Topliss-reactive ketones (excluding diaryl/α,β-unsaturated/α-hetero) is 1. The molecule has 258 valence electrons. The molecule has 0 aromatic heterocycles. The maximum absolute atomic E-state index is 14.2. The summed E-state index contributed by atoms with van der Waals surface area (Å²) < 4.78 is 83.4. The third kappa shape index (κ3) is 7.01. The lowest BCUT2D eigenvalue weighted by Gasteiger charge is -2.33. The minimum atomic E-state index is -4.05. The molecule has 2 heterocycles. The molecule has 46 heavy (non-hydrogen) atoms. The summed E-state index contributed by atoms with van der Waals surface area (Å²) in [5.41, 5.74) is -0.424. The highest BCUT2D eigenvalue weighted by Gasteiger charge is 2.59. The number of anilines is 2. The van der Waals surface area contributed by atoms with Gasteiger partial charge in [-0.05, 0) is 49.9 Å². The second-order valence-corrected chi connectivity index (χ2v) is 12.0. The Morgan fingerprint density at radius 1 is 0.717 bits per heavy atom. The average Bonchev–Trinajstić information content (AvgIpc) is 3.34. The van der Waals surface area contributed by atoms with Crippen molar-refractivity contribution in [2.75, 3.05) is 36.0 Å². The first-order chi connectivity index (χ1) is 21.7. The van der Waals surface area contributed by atoms with E-state index in [4.69, 9.17) is 0 Å². The lowest BCUT2D eigenvalue weighted by molar-refractivity contribution is -0.143. The molecular formula is C32H42F6N2O4S2. The molecule has 0 radical (unpaired) electrons. The van der Waals surface area contributed by atoms with Crippen LogP contribution in [0.2, 0.25) is 0 Å². The zero-order valence-corrected chi connectivity index (χ0v) is 27.9. The summed E-state index contributed by atoms with van der Waals surface area (Å²) >= 11 is 8.07. The van der Waals surface area contributed by atoms with Crippen molar-refractivity contribution in [2.24, 2.45) is 0 Å². The first-order valence-electron chi connectivity index (χ1n) is 15.5. The van der Waals surface area contributed by atoms with Crippen LogP contribution in [-0.2, 0) is 0 Å². The SMILES string of the molecule is CC.CC.O=C1c2c(S)ccc(N3CCCC(O)C3)c2C(F)C1(F)F.OC1CCCN(c2ccc(S)c3c2C(F)C(F)(F)C3O)C1. The van der Waals surface area contributed by atoms with Gasteiger partial charge in [0.2, 0.25) is 5.78 Å². The summed E-state index contributed by atoms with van der Waals surface area (Å²) in [6.45, 7) is 9.60. The summed E-state index contributed by atoms with van der Waals surface area (Å²) in [6.07, 6.45) is -5.92. The Kier molecular flexibility index (Phi) is 12.8. The Morgan fingerprint density at radius 3 is 1.65 bits per heavy atom. The number of alkyl halides is 6. The monoisotopic (exact) mass is 696 g/mol. The van der Waals surface area contributed by atoms with Gasteiger partial charge in [0.15, 0.2) is 12.3 Å². The number of β-amino-alcohol motifs (C(OH)–C–C–N with tert-alkyl or cyclic N) is 2. The maximum Gasteiger partial charge on any atom is 0.344 e. The van der Waals surface area contributed by atoms with Crippen LogP contribution in [0.5, 0.6) is 0 Å². The lowest BCUT2D eigenvalue weighted by Crippen LogP contribution is -2.39. The molecule has 2 aromatic rings. The molecule has 0 bridgehead atoms. The summed E-state index contributed by atoms with van der Waals surface area (Å²) in [5, 5.41) is 29.1. The van der Waals surface area contributed by atoms with Gasteiger partial charge in [0.25, 0.3) is 0 Å². The number of aliphatic hydroxyl groups is 3. The molecule has 2 aromatic carbocycles. The second kappa shape index (κ2) is 15.4. The third-order valence-corrected chi connectivity index (χ3v) is 9.01. The van der Waals surface area contributed by atoms with E-state index in [1.807, 2.05) is 27.7 Å². The molecule has 2 fully saturated rings. The zero-order valence-electron chi connectivity index (χ0n) is 26.2. The van der Waals surface area contributed by atoms with E-state index in [1.165, 1.54) is 24.3 Å². The van der Waals surface area contributed by atoms with Gasteiger partial charge in [-0.2, -0.15) is 17.6 Å². The number of ketones is 1. The molecule has 5 unspecified atom stereocenters. The molecule has 2 aliphatic heterocycles. The van der Waals surface area contributed by atoms with E-state index >= 15 is 0 Å². The Bertz CT molecular complexity index is 1380. The molecule has 5 atom stereocenters. The van der Waals surface area contributed by atoms with Gasteiger partial charge in [-0.15, -0.1) is 25.3 Å². The topological polar surface area (TPSA) is 84.2 Å². The summed E-state index contributed by atoms with van der Waals surface area (Å²) in [4.78, 5) is 15.3. The Balaban J connectivity index is 0.000000226. The molecule has 0 saturated carbocycles. The summed E-state index contributed by atoms with van der Waals surface area (Å²) in [7, 11) is 0. The number of fused-ring (bicyclic) bond motifs is 2. The molecule has 4 aliphatic rings. The largest absolute Gasteiger partial charge is 0.391 e. The number of carbonyl (C=O) groups excluding carboxylic acids is 1. The van der Waals surface area contributed by atoms with Crippen LogP contribution in [0.15, 0.2) is 34.1 Å². The van der Waals surface area contributed by atoms with Gasteiger partial charge < -0.3 is 25.1 Å². The molecule has 14 heteroatoms. The highest BCUT2D eigenvalue weighted by Crippen LogP contribution is 2.57. The van der Waals surface area contributed by atoms with Crippen LogP contribution in [0.1, 0.15) is 98.9 Å². The van der Waals surface area contributed by atoms with E-state index in [0.29, 0.717) is 44.5 Å². The van der Waals surface area contributed by atoms with E-state index in [-0.39, 0.29) is 50.8 Å². The third-order valence-electron chi connectivity index (χ3n) is 8.25. The van der Waals surface area contributed by atoms with Crippen LogP contribution in [0.25, 0.3) is 0 Å². The van der Waals surface area contributed by atoms with E-state index in [0.717, 1.165) is 0 Å². The molecular weight excluding hydrogens is 654 g/mol. The van der Waals surface area contributed by atoms with Crippen molar-refractivity contribution in [2.45, 2.75) is 106 Å². The highest BCUT2D eigenvalue weighted by molar-refractivity contribution is 7.80. The quantitative estimate of drug-likeness (QED) is 0.166. The standard InChI is InChI=1S/C14H16F3NO2S.C14H14F3NO2S.2C2H6/c2*15-12-10-8(18-5-1-2-7(19)6-18)3-4-9(21)11(10)13(20)14(12,16)17;2*1-2/h3-4,7,12-13,19-21H,1-2,5-6H2;3-4,7,12,19,21H,1-2,5-6H2;2*1-2H3. The van der Waals surface area contributed by atoms with Crippen LogP contribution >= 0.6 is 25.3 Å². The fraction of sp³-hybridized carbons (Fsp3) is 0.594. The van der Waals surface area contributed by atoms with Crippen molar-refractivity contribution >= 4 is 42.4 Å². The number of hydrogen-bond donors (Lipinski definition) is 5. The predicted octanol–water partition coefficient (Wildman–Crippen LogP) is 7.46. The first-order valence-corrected chi connectivity index (χ1v) is 16.4. The lowest BCUT2D eigenvalue weighted by atomic mass is 10.0. The number of carbonyl (C=O) groups is 1. The Hall–Kier alpha value is -2.13. The Labute approximate surface area is 276 Å². The number of nitrogens with zero attached hydrogens (tertiary/aromatic N) is 2. The molecule has 2 saturated heterocycles. The minimum absolute atomic E-state index is 0.0520. The number of piperidine rings is 2. The van der Waals surface area contributed by atoms with Crippen LogP contribution in [-0.4, -0.2) is 71.3 Å². The summed E-state index contributed by atoms with van der Waals surface area (Å²) in [5.74, 6) is -9.43. The molecule has 6 rings (SSSR count). The minimum Gasteiger partial charge on any atom is -0.391 e. The normalized spacial score (nSPS) is 27.3. The molecule has 0 amide bonds. The molecule has 0 spiro atoms. The van der Waals surface area contributed by atoms with Gasteiger partial charge in [0.1, 0.15) is 6.10 Å². The van der Waals surface area contributed by atoms with Crippen molar-refractivity contribution < 1.29 is 46.5 Å². The molecule has 3 N–H and O–H groups in total. The highest BCUT2D eigenvalue weighted by atomic mass is 32.1. The second-order valence-electron chi connectivity index (χ2n) is 11.1. The first kappa shape index (κ1) is 38.3. The number of benzene rings is 2. The van der Waals surface area contributed by atoms with Gasteiger partial charge in [-0.1, -0.05) is 27.7 Å². The van der Waals surface area contributed by atoms with E-state index < -0.39 is 48.3 Å². The number of rotatable bonds is 2. The van der Waals surface area contributed by atoms with Crippen LogP contribution in [0, 0.1) is 0 Å². The number of aliphatic hydroxyl groups excluding tert-OH is 3. The maximum atomic E-state index is 14.2. The van der Waals surface area contributed by atoms with Crippen molar-refractivity contribution in [3.63, 3.8) is 0 Å². The van der Waals surface area contributed by atoms with E-state index in [2.05, 4.69) is 25.3 Å². The summed E-state index contributed by atoms with van der Waals surface area (Å²) in [6, 6.07) is 5.92. The number of hydrogen-bond acceptors (Lipinski definition) is 8. The number of halogens is 6. The van der Waals surface area contributed by atoms with Crippen LogP contribution < -0.4 is 9.80 Å². The van der Waals surface area contributed by atoms with Gasteiger partial charge >= 0.3 is 11.8 Å². The predicted molar refractivity (Wildman–Crippen MR) is 172 cm³/mol. The average molecular weight is 697 g/mol. The van der Waals surface area contributed by atoms with Crippen molar-refractivity contribution in [1.29, 1.82) is 0 Å². The zero-order chi connectivity index (χ0) is 34.7. The smallest absolute Gasteiger partial charge is 0.344 e. The number of thiol groups is 2. The van der Waals surface area contributed by atoms with Gasteiger partial charge in [-0.3, -0.25) is 4.79 Å². The molecule has 2 aliphatic carbocycles. The van der Waals surface area contributed by atoms with Crippen molar-refractivity contribution in [1.82, 2.24) is 0 Å². The van der Waals surface area contributed by atoms with Crippen LogP contribution in [0.3, 0.4) is 0 Å². The molecule has 6 nitrogen and oxygen atoms in total. The van der Waals surface area contributed by atoms with Crippen LogP contribution in [0.4, 0.5) is 37.7 Å². The fourth-order valence-electron chi connectivity index (χ4n) is 6.14. The van der Waals surface area contributed by atoms with E-state index in [9.17, 15) is 46.5 Å².